The lowest BCUT2D eigenvalue weighted by Gasteiger charge is -2.26. The fraction of sp³-hybridized carbons (Fsp3) is 0.533. The van der Waals surface area contributed by atoms with Gasteiger partial charge < -0.3 is 9.47 Å². The van der Waals surface area contributed by atoms with Gasteiger partial charge in [0.05, 0.1) is 18.8 Å². The Morgan fingerprint density at radius 1 is 1.32 bits per heavy atom. The van der Waals surface area contributed by atoms with Crippen molar-refractivity contribution in [3.63, 3.8) is 0 Å². The zero-order valence-corrected chi connectivity index (χ0v) is 12.3. The number of carbonyl (C=O) groups is 1. The van der Waals surface area contributed by atoms with Gasteiger partial charge >= 0.3 is 0 Å². The van der Waals surface area contributed by atoms with Crippen LogP contribution in [0.3, 0.4) is 0 Å². The van der Waals surface area contributed by atoms with Crippen LogP contribution in [-0.2, 0) is 0 Å². The van der Waals surface area contributed by atoms with E-state index in [9.17, 15) is 4.79 Å². The van der Waals surface area contributed by atoms with Gasteiger partial charge in [0.1, 0.15) is 0 Å². The summed E-state index contributed by atoms with van der Waals surface area (Å²) >= 11 is 6.33. The topological polar surface area (TPSA) is 35.5 Å². The first-order valence-corrected chi connectivity index (χ1v) is 7.13. The van der Waals surface area contributed by atoms with Crippen molar-refractivity contribution in [3.8, 4) is 11.5 Å². The first kappa shape index (κ1) is 14.2. The Bertz CT molecular complexity index is 497. The molecule has 4 heteroatoms. The first-order chi connectivity index (χ1) is 9.10. The van der Waals surface area contributed by atoms with E-state index in [2.05, 4.69) is 6.92 Å². The van der Waals surface area contributed by atoms with Gasteiger partial charge in [-0.1, -0.05) is 18.5 Å². The summed E-state index contributed by atoms with van der Waals surface area (Å²) in [5.74, 6) is 1.49. The maximum absolute atomic E-state index is 12.2. The van der Waals surface area contributed by atoms with Gasteiger partial charge in [0.2, 0.25) is 0 Å². The fourth-order valence-corrected chi connectivity index (χ4v) is 2.93. The van der Waals surface area contributed by atoms with E-state index in [4.69, 9.17) is 21.1 Å². The number of benzene rings is 1. The van der Waals surface area contributed by atoms with E-state index in [1.54, 1.807) is 6.07 Å². The number of Topliss-reactive ketones (excluding diaryl/α,β-unsaturated/α-hetero) is 1. The molecular formula is C15H19ClO3. The highest BCUT2D eigenvalue weighted by atomic mass is 35.5. The zero-order valence-electron chi connectivity index (χ0n) is 11.6. The molecule has 1 aliphatic carbocycles. The largest absolute Gasteiger partial charge is 0.490 e. The van der Waals surface area contributed by atoms with E-state index in [0.29, 0.717) is 41.7 Å². The van der Waals surface area contributed by atoms with Crippen molar-refractivity contribution in [1.29, 1.82) is 0 Å². The number of hydrogen-bond acceptors (Lipinski definition) is 3. The van der Waals surface area contributed by atoms with Crippen molar-refractivity contribution >= 4 is 17.4 Å². The third-order valence-electron chi connectivity index (χ3n) is 3.40. The van der Waals surface area contributed by atoms with Crippen molar-refractivity contribution in [3.05, 3.63) is 22.2 Å². The van der Waals surface area contributed by atoms with Crippen molar-refractivity contribution < 1.29 is 14.3 Å². The monoisotopic (exact) mass is 282 g/mol. The molecule has 2 rings (SSSR count). The summed E-state index contributed by atoms with van der Waals surface area (Å²) in [6.45, 7) is 6.89. The van der Waals surface area contributed by atoms with Crippen LogP contribution in [0.4, 0.5) is 0 Å². The summed E-state index contributed by atoms with van der Waals surface area (Å²) in [4.78, 5) is 12.2. The molecule has 1 unspecified atom stereocenters. The summed E-state index contributed by atoms with van der Waals surface area (Å²) < 4.78 is 11.2. The van der Waals surface area contributed by atoms with Crippen LogP contribution in [0.1, 0.15) is 55.5 Å². The predicted octanol–water partition coefficient (Wildman–Crippen LogP) is 4.22. The van der Waals surface area contributed by atoms with Crippen LogP contribution in [0.2, 0.25) is 5.02 Å². The number of fused-ring (bicyclic) bond motifs is 1. The maximum atomic E-state index is 12.2. The molecule has 0 saturated heterocycles. The smallest absolute Gasteiger partial charge is 0.172 e. The Balaban J connectivity index is 2.66. The van der Waals surface area contributed by atoms with E-state index >= 15 is 0 Å². The van der Waals surface area contributed by atoms with Gasteiger partial charge in [0, 0.05) is 17.5 Å². The second-order valence-electron chi connectivity index (χ2n) is 4.70. The van der Waals surface area contributed by atoms with Crippen molar-refractivity contribution in [2.45, 2.75) is 39.5 Å². The third kappa shape index (κ3) is 2.57. The number of halogens is 1. The van der Waals surface area contributed by atoms with E-state index in [1.165, 1.54) is 0 Å². The van der Waals surface area contributed by atoms with Crippen LogP contribution < -0.4 is 9.47 Å². The molecule has 1 aromatic carbocycles. The summed E-state index contributed by atoms with van der Waals surface area (Å²) in [7, 11) is 0. The second kappa shape index (κ2) is 5.83. The Morgan fingerprint density at radius 3 is 2.63 bits per heavy atom. The minimum Gasteiger partial charge on any atom is -0.490 e. The quantitative estimate of drug-likeness (QED) is 0.829. The maximum Gasteiger partial charge on any atom is 0.172 e. The molecule has 1 aliphatic rings. The molecule has 104 valence electrons. The van der Waals surface area contributed by atoms with Crippen molar-refractivity contribution in [1.82, 2.24) is 0 Å². The van der Waals surface area contributed by atoms with E-state index < -0.39 is 0 Å². The lowest BCUT2D eigenvalue weighted by molar-refractivity contribution is 0.0962. The van der Waals surface area contributed by atoms with Crippen LogP contribution in [0, 0.1) is 0 Å². The van der Waals surface area contributed by atoms with Crippen LogP contribution >= 0.6 is 11.6 Å². The van der Waals surface area contributed by atoms with Crippen molar-refractivity contribution in [2.75, 3.05) is 13.2 Å². The molecule has 0 bridgehead atoms. The van der Waals surface area contributed by atoms with Gasteiger partial charge in [0.15, 0.2) is 17.3 Å². The lowest BCUT2D eigenvalue weighted by Crippen LogP contribution is -2.17. The van der Waals surface area contributed by atoms with Gasteiger partial charge in [0.25, 0.3) is 0 Å². The van der Waals surface area contributed by atoms with Crippen LogP contribution in [0.15, 0.2) is 6.07 Å². The van der Waals surface area contributed by atoms with Crippen LogP contribution in [0.5, 0.6) is 11.5 Å². The SMILES string of the molecule is CCOc1cc(Cl)c2c(c1OCC)C(=O)CCC2C. The lowest BCUT2D eigenvalue weighted by atomic mass is 9.82. The van der Waals surface area contributed by atoms with Crippen LogP contribution in [0.25, 0.3) is 0 Å². The molecule has 0 spiro atoms. The molecule has 0 N–H and O–H groups in total. The number of rotatable bonds is 4. The van der Waals surface area contributed by atoms with Crippen molar-refractivity contribution in [2.24, 2.45) is 0 Å². The molecule has 0 heterocycles. The predicted molar refractivity (Wildman–Crippen MR) is 75.8 cm³/mol. The van der Waals surface area contributed by atoms with Gasteiger partial charge in [-0.2, -0.15) is 0 Å². The zero-order chi connectivity index (χ0) is 14.0. The molecule has 1 aromatic rings. The summed E-state index contributed by atoms with van der Waals surface area (Å²) in [5.41, 5.74) is 1.53. The molecule has 1 atom stereocenters. The van der Waals surface area contributed by atoms with E-state index in [-0.39, 0.29) is 11.7 Å². The summed E-state index contributed by atoms with van der Waals surface area (Å²) in [6, 6.07) is 1.77. The number of ether oxygens (including phenoxy) is 2. The number of carbonyl (C=O) groups excluding carboxylic acids is 1. The molecule has 0 fully saturated rings. The molecule has 0 amide bonds. The highest BCUT2D eigenvalue weighted by molar-refractivity contribution is 6.32. The normalized spacial score (nSPS) is 18.1. The summed E-state index contributed by atoms with van der Waals surface area (Å²) in [6.07, 6.45) is 1.38. The molecule has 19 heavy (non-hydrogen) atoms. The molecular weight excluding hydrogens is 264 g/mol. The fourth-order valence-electron chi connectivity index (χ4n) is 2.55. The minimum absolute atomic E-state index is 0.0972. The van der Waals surface area contributed by atoms with Gasteiger partial charge in [-0.05, 0) is 31.7 Å². The highest BCUT2D eigenvalue weighted by Crippen LogP contribution is 2.45. The average Bonchev–Trinajstić information content (AvgIpc) is 2.37. The third-order valence-corrected chi connectivity index (χ3v) is 3.71. The minimum atomic E-state index is 0.0972. The van der Waals surface area contributed by atoms with E-state index in [1.807, 2.05) is 13.8 Å². The number of ketones is 1. The van der Waals surface area contributed by atoms with E-state index in [0.717, 1.165) is 12.0 Å². The van der Waals surface area contributed by atoms with Crippen LogP contribution in [-0.4, -0.2) is 19.0 Å². The standard InChI is InChI=1S/C15H19ClO3/c1-4-18-12-8-10(16)13-9(3)6-7-11(17)14(13)15(12)19-5-2/h8-9H,4-7H2,1-3H3. The molecule has 3 nitrogen and oxygen atoms in total. The molecule has 0 aromatic heterocycles. The van der Waals surface area contributed by atoms with Gasteiger partial charge in [-0.15, -0.1) is 0 Å². The number of hydrogen-bond donors (Lipinski definition) is 0. The van der Waals surface area contributed by atoms with Gasteiger partial charge in [-0.25, -0.2) is 0 Å². The Morgan fingerprint density at radius 2 is 2.00 bits per heavy atom. The van der Waals surface area contributed by atoms with Gasteiger partial charge in [-0.3, -0.25) is 4.79 Å². The highest BCUT2D eigenvalue weighted by Gasteiger charge is 2.31. The molecule has 0 aliphatic heterocycles. The Kier molecular flexibility index (Phi) is 4.35. The molecule has 0 radical (unpaired) electrons. The first-order valence-electron chi connectivity index (χ1n) is 6.75. The summed E-state index contributed by atoms with van der Waals surface area (Å²) in [5, 5.41) is 0.599. The molecule has 0 saturated carbocycles. The second-order valence-corrected chi connectivity index (χ2v) is 5.11. The average molecular weight is 283 g/mol. The Labute approximate surface area is 118 Å². The Hall–Kier alpha value is -1.22.